The van der Waals surface area contributed by atoms with Crippen molar-refractivity contribution in [3.05, 3.63) is 77.1 Å². The number of imidazole rings is 1. The maximum atomic E-state index is 14.1. The molecule has 1 saturated carbocycles. The van der Waals surface area contributed by atoms with Gasteiger partial charge in [-0.2, -0.15) is 0 Å². The maximum absolute atomic E-state index is 14.1. The monoisotopic (exact) mass is 534 g/mol. The SMILES string of the molecule is Cc1cc(-c2cnc3c(NCCC(C)(C)F)cc(Oc4cccc(Cl)c4)cn23)ccc1C(=O)NC1(C)CC1. The number of fused-ring (bicyclic) bond motifs is 1. The van der Waals surface area contributed by atoms with Crippen molar-refractivity contribution < 1.29 is 13.9 Å². The molecule has 0 spiro atoms. The Morgan fingerprint density at radius 2 is 1.97 bits per heavy atom. The van der Waals surface area contributed by atoms with Crippen LogP contribution in [-0.4, -0.2) is 33.0 Å². The fraction of sp³-hybridized carbons (Fsp3) is 0.333. The number of amides is 1. The highest BCUT2D eigenvalue weighted by Crippen LogP contribution is 2.35. The number of nitrogens with zero attached hydrogens (tertiary/aromatic N) is 2. The van der Waals surface area contributed by atoms with Crippen LogP contribution in [0.2, 0.25) is 5.02 Å². The van der Waals surface area contributed by atoms with Gasteiger partial charge in [0.2, 0.25) is 0 Å². The zero-order chi connectivity index (χ0) is 27.1. The highest BCUT2D eigenvalue weighted by molar-refractivity contribution is 6.30. The smallest absolute Gasteiger partial charge is 0.251 e. The second-order valence-electron chi connectivity index (χ2n) is 10.9. The van der Waals surface area contributed by atoms with Gasteiger partial charge in [0.05, 0.1) is 23.8 Å². The fourth-order valence-electron chi connectivity index (χ4n) is 4.35. The molecule has 2 heterocycles. The number of rotatable bonds is 9. The molecule has 2 aromatic carbocycles. The van der Waals surface area contributed by atoms with Crippen LogP contribution in [0.1, 0.15) is 56.0 Å². The predicted molar refractivity (Wildman–Crippen MR) is 150 cm³/mol. The van der Waals surface area contributed by atoms with Gasteiger partial charge in [-0.25, -0.2) is 9.37 Å². The Labute approximate surface area is 227 Å². The topological polar surface area (TPSA) is 67.7 Å². The molecule has 0 unspecified atom stereocenters. The number of carbonyl (C=O) groups excluding carboxylic acids is 1. The van der Waals surface area contributed by atoms with E-state index in [-0.39, 0.29) is 11.4 Å². The van der Waals surface area contributed by atoms with E-state index in [1.165, 1.54) is 0 Å². The lowest BCUT2D eigenvalue weighted by molar-refractivity contribution is 0.0935. The summed E-state index contributed by atoms with van der Waals surface area (Å²) in [6.07, 6.45) is 6.02. The van der Waals surface area contributed by atoms with Crippen molar-refractivity contribution in [2.75, 3.05) is 11.9 Å². The molecule has 8 heteroatoms. The molecule has 1 aliphatic rings. The highest BCUT2D eigenvalue weighted by Gasteiger charge is 2.39. The normalized spacial score (nSPS) is 14.4. The number of hydrogen-bond acceptors (Lipinski definition) is 4. The van der Waals surface area contributed by atoms with E-state index in [1.807, 2.05) is 53.9 Å². The van der Waals surface area contributed by atoms with Crippen LogP contribution in [0.15, 0.2) is 60.9 Å². The van der Waals surface area contributed by atoms with Crippen LogP contribution in [0.5, 0.6) is 11.5 Å². The van der Waals surface area contributed by atoms with Crippen LogP contribution in [0, 0.1) is 6.92 Å². The van der Waals surface area contributed by atoms with Gasteiger partial charge in [0.15, 0.2) is 5.65 Å². The van der Waals surface area contributed by atoms with E-state index in [0.29, 0.717) is 40.7 Å². The third-order valence-electron chi connectivity index (χ3n) is 6.83. The molecule has 6 nitrogen and oxygen atoms in total. The second-order valence-corrected chi connectivity index (χ2v) is 11.4. The number of aryl methyl sites for hydroxylation is 1. The first-order valence-corrected chi connectivity index (χ1v) is 13.2. The van der Waals surface area contributed by atoms with Crippen molar-refractivity contribution in [1.29, 1.82) is 0 Å². The van der Waals surface area contributed by atoms with E-state index in [4.69, 9.17) is 16.3 Å². The molecule has 198 valence electrons. The predicted octanol–water partition coefficient (Wildman–Crippen LogP) is 7.59. The molecule has 0 radical (unpaired) electrons. The summed E-state index contributed by atoms with van der Waals surface area (Å²) < 4.78 is 22.2. The van der Waals surface area contributed by atoms with Gasteiger partial charge >= 0.3 is 0 Å². The number of anilines is 1. The zero-order valence-corrected chi connectivity index (χ0v) is 22.8. The average Bonchev–Trinajstić information content (AvgIpc) is 3.39. The number of carbonyl (C=O) groups is 1. The molecule has 0 atom stereocenters. The van der Waals surface area contributed by atoms with Gasteiger partial charge in [0.25, 0.3) is 5.91 Å². The first kappa shape index (κ1) is 26.0. The Morgan fingerprint density at radius 1 is 1.18 bits per heavy atom. The highest BCUT2D eigenvalue weighted by atomic mass is 35.5. The number of aromatic nitrogens is 2. The van der Waals surface area contributed by atoms with Crippen molar-refractivity contribution in [3.63, 3.8) is 0 Å². The number of benzene rings is 2. The van der Waals surface area contributed by atoms with E-state index < -0.39 is 5.67 Å². The minimum atomic E-state index is -1.29. The zero-order valence-electron chi connectivity index (χ0n) is 22.1. The summed E-state index contributed by atoms with van der Waals surface area (Å²) in [6.45, 7) is 7.57. The third kappa shape index (κ3) is 5.94. The lowest BCUT2D eigenvalue weighted by Crippen LogP contribution is -2.34. The molecular formula is C30H32ClFN4O2. The standard InChI is InChI=1S/C30H32ClFN4O2/c1-19-14-20(8-9-24(19)28(37)35-30(4)10-11-30)26-17-34-27-25(33-13-12-29(2,3)32)16-23(18-36(26)27)38-22-7-5-6-21(31)15-22/h5-9,14-18,33H,10-13H2,1-4H3,(H,35,37). The summed E-state index contributed by atoms with van der Waals surface area (Å²) >= 11 is 6.15. The van der Waals surface area contributed by atoms with E-state index in [9.17, 15) is 9.18 Å². The Morgan fingerprint density at radius 3 is 2.66 bits per heavy atom. The maximum Gasteiger partial charge on any atom is 0.251 e. The summed E-state index contributed by atoms with van der Waals surface area (Å²) in [6, 6.07) is 14.8. The lowest BCUT2D eigenvalue weighted by Gasteiger charge is -2.16. The quantitative estimate of drug-likeness (QED) is 0.232. The summed E-state index contributed by atoms with van der Waals surface area (Å²) in [5.74, 6) is 1.13. The van der Waals surface area contributed by atoms with E-state index >= 15 is 0 Å². The van der Waals surface area contributed by atoms with Gasteiger partial charge in [-0.15, -0.1) is 0 Å². The van der Waals surface area contributed by atoms with Crippen LogP contribution in [0.3, 0.4) is 0 Å². The lowest BCUT2D eigenvalue weighted by atomic mass is 10.0. The van der Waals surface area contributed by atoms with Crippen LogP contribution in [-0.2, 0) is 0 Å². The number of nitrogens with one attached hydrogen (secondary N) is 2. The summed E-state index contributed by atoms with van der Waals surface area (Å²) in [7, 11) is 0. The van der Waals surface area contributed by atoms with Crippen LogP contribution >= 0.6 is 11.6 Å². The first-order chi connectivity index (χ1) is 18.0. The second kappa shape index (κ2) is 9.95. The Balaban J connectivity index is 1.50. The molecule has 4 aromatic rings. The third-order valence-corrected chi connectivity index (χ3v) is 7.06. The van der Waals surface area contributed by atoms with Gasteiger partial charge in [-0.1, -0.05) is 23.7 Å². The Bertz CT molecular complexity index is 1500. The number of ether oxygens (including phenoxy) is 1. The molecule has 0 saturated heterocycles. The van der Waals surface area contributed by atoms with Crippen LogP contribution in [0.25, 0.3) is 16.9 Å². The van der Waals surface area contributed by atoms with Crippen molar-refractivity contribution in [1.82, 2.24) is 14.7 Å². The molecule has 1 aliphatic carbocycles. The van der Waals surface area contributed by atoms with E-state index in [1.54, 1.807) is 32.2 Å². The molecule has 5 rings (SSSR count). The number of halogens is 2. The fourth-order valence-corrected chi connectivity index (χ4v) is 4.53. The minimum absolute atomic E-state index is 0.0494. The number of alkyl halides is 1. The average molecular weight is 535 g/mol. The largest absolute Gasteiger partial charge is 0.456 e. The molecule has 1 amide bonds. The van der Waals surface area contributed by atoms with E-state index in [2.05, 4.69) is 22.5 Å². The van der Waals surface area contributed by atoms with Gasteiger partial charge in [0, 0.05) is 34.3 Å². The number of hydrogen-bond donors (Lipinski definition) is 2. The van der Waals surface area contributed by atoms with Crippen molar-refractivity contribution in [3.8, 4) is 22.8 Å². The molecule has 0 bridgehead atoms. The van der Waals surface area contributed by atoms with Gasteiger partial charge in [0.1, 0.15) is 17.2 Å². The molecule has 1 fully saturated rings. The van der Waals surface area contributed by atoms with Crippen LogP contribution < -0.4 is 15.4 Å². The molecule has 0 aliphatic heterocycles. The van der Waals surface area contributed by atoms with Crippen LogP contribution in [0.4, 0.5) is 10.1 Å². The molecular weight excluding hydrogens is 503 g/mol. The number of pyridine rings is 1. The van der Waals surface area contributed by atoms with Gasteiger partial charge in [-0.3, -0.25) is 9.20 Å². The van der Waals surface area contributed by atoms with E-state index in [0.717, 1.165) is 35.3 Å². The molecule has 38 heavy (non-hydrogen) atoms. The first-order valence-electron chi connectivity index (χ1n) is 12.8. The molecule has 2 aromatic heterocycles. The van der Waals surface area contributed by atoms with Crippen molar-refractivity contribution in [2.24, 2.45) is 0 Å². The van der Waals surface area contributed by atoms with Gasteiger partial charge < -0.3 is 15.4 Å². The Hall–Kier alpha value is -3.58. The summed E-state index contributed by atoms with van der Waals surface area (Å²) in [4.78, 5) is 17.5. The minimum Gasteiger partial charge on any atom is -0.456 e. The van der Waals surface area contributed by atoms with Gasteiger partial charge in [-0.05, 0) is 82.9 Å². The van der Waals surface area contributed by atoms with Crippen molar-refractivity contribution in [2.45, 2.75) is 58.2 Å². The summed E-state index contributed by atoms with van der Waals surface area (Å²) in [5.41, 5.74) is 3.35. The Kier molecular flexibility index (Phi) is 6.82. The summed E-state index contributed by atoms with van der Waals surface area (Å²) in [5, 5.41) is 7.03. The van der Waals surface area contributed by atoms with Crippen molar-refractivity contribution >= 4 is 28.8 Å². The molecule has 2 N–H and O–H groups in total.